The number of piperidine rings is 1. The first-order valence-corrected chi connectivity index (χ1v) is 7.61. The maximum atomic E-state index is 12.2. The summed E-state index contributed by atoms with van der Waals surface area (Å²) in [5.74, 6) is 1.78. The van der Waals surface area contributed by atoms with E-state index in [2.05, 4.69) is 21.8 Å². The first kappa shape index (κ1) is 16.2. The molecule has 0 unspecified atom stereocenters. The molecule has 1 aliphatic heterocycles. The van der Waals surface area contributed by atoms with E-state index in [1.807, 2.05) is 6.92 Å². The Morgan fingerprint density at radius 3 is 2.68 bits per heavy atom. The molecule has 0 radical (unpaired) electrons. The number of likely N-dealkylation sites (tertiary alicyclic amines) is 1. The third-order valence-electron chi connectivity index (χ3n) is 4.02. The van der Waals surface area contributed by atoms with Crippen LogP contribution in [0.25, 0.3) is 0 Å². The van der Waals surface area contributed by atoms with Gasteiger partial charge in [0.25, 0.3) is 0 Å². The number of nitrogens with zero attached hydrogens (tertiary/aromatic N) is 4. The van der Waals surface area contributed by atoms with E-state index in [-0.39, 0.29) is 18.4 Å². The Hall–Kier alpha value is -2.18. The first-order valence-electron chi connectivity index (χ1n) is 7.61. The number of carbonyl (C=O) groups excluding carboxylic acids is 2. The molecule has 2 amide bonds. The van der Waals surface area contributed by atoms with Crippen LogP contribution < -0.4 is 0 Å². The molecule has 0 aromatic carbocycles. The maximum Gasteiger partial charge on any atom is 0.246 e. The number of nitrogens with one attached hydrogen (secondary N) is 1. The summed E-state index contributed by atoms with van der Waals surface area (Å²) in [6.07, 6.45) is 3.76. The highest BCUT2D eigenvalue weighted by molar-refractivity contribution is 5.90. The molecule has 0 spiro atoms. The number of aromatic amines is 1. The summed E-state index contributed by atoms with van der Waals surface area (Å²) in [6, 6.07) is 0. The van der Waals surface area contributed by atoms with Crippen molar-refractivity contribution >= 4 is 11.8 Å². The summed E-state index contributed by atoms with van der Waals surface area (Å²) in [4.78, 5) is 31.3. The normalized spacial score (nSPS) is 15.6. The second kappa shape index (κ2) is 7.20. The minimum atomic E-state index is -0.240. The van der Waals surface area contributed by atoms with Gasteiger partial charge in [-0.05, 0) is 18.9 Å². The molecule has 0 aliphatic carbocycles. The molecule has 1 aliphatic rings. The quantitative estimate of drug-likeness (QED) is 0.813. The molecule has 7 nitrogen and oxygen atoms in total. The predicted octanol–water partition coefficient (Wildman–Crippen LogP) is 0.717. The van der Waals surface area contributed by atoms with Gasteiger partial charge >= 0.3 is 0 Å². The van der Waals surface area contributed by atoms with Crippen molar-refractivity contribution in [2.75, 3.05) is 26.7 Å². The third-order valence-corrected chi connectivity index (χ3v) is 4.02. The maximum absolute atomic E-state index is 12.2. The first-order chi connectivity index (χ1) is 10.5. The van der Waals surface area contributed by atoms with Gasteiger partial charge < -0.3 is 9.80 Å². The minimum Gasteiger partial charge on any atom is -0.341 e. The molecule has 22 heavy (non-hydrogen) atoms. The summed E-state index contributed by atoms with van der Waals surface area (Å²) in [5.41, 5.74) is 0. The number of H-pyrrole nitrogens is 1. The lowest BCUT2D eigenvalue weighted by Crippen LogP contribution is -2.44. The van der Waals surface area contributed by atoms with E-state index in [0.29, 0.717) is 19.0 Å². The Labute approximate surface area is 130 Å². The Balaban J connectivity index is 1.85. The van der Waals surface area contributed by atoms with Crippen molar-refractivity contribution in [3.05, 3.63) is 24.3 Å². The Morgan fingerprint density at radius 1 is 1.45 bits per heavy atom. The van der Waals surface area contributed by atoms with E-state index in [1.165, 1.54) is 11.0 Å². The van der Waals surface area contributed by atoms with Gasteiger partial charge in [0, 0.05) is 32.5 Å². The summed E-state index contributed by atoms with van der Waals surface area (Å²) in [7, 11) is 1.61. The van der Waals surface area contributed by atoms with Crippen LogP contribution in [0, 0.1) is 0 Å². The lowest BCUT2D eigenvalue weighted by Gasteiger charge is -2.31. The van der Waals surface area contributed by atoms with Gasteiger partial charge in [0.1, 0.15) is 5.82 Å². The van der Waals surface area contributed by atoms with E-state index >= 15 is 0 Å². The summed E-state index contributed by atoms with van der Waals surface area (Å²) >= 11 is 0. The number of hydrogen-bond acceptors (Lipinski definition) is 4. The fourth-order valence-electron chi connectivity index (χ4n) is 2.57. The zero-order valence-electron chi connectivity index (χ0n) is 13.2. The zero-order chi connectivity index (χ0) is 16.1. The number of likely N-dealkylation sites (N-methyl/N-ethyl adjacent to an activating group) is 1. The smallest absolute Gasteiger partial charge is 0.246 e. The van der Waals surface area contributed by atoms with Crippen molar-refractivity contribution < 1.29 is 9.59 Å². The fourth-order valence-corrected chi connectivity index (χ4v) is 2.57. The van der Waals surface area contributed by atoms with Gasteiger partial charge in [0.05, 0.1) is 6.54 Å². The van der Waals surface area contributed by atoms with Crippen molar-refractivity contribution in [3.63, 3.8) is 0 Å². The molecule has 2 rings (SSSR count). The van der Waals surface area contributed by atoms with Gasteiger partial charge in [-0.1, -0.05) is 13.5 Å². The van der Waals surface area contributed by atoms with Gasteiger partial charge in [-0.3, -0.25) is 14.7 Å². The van der Waals surface area contributed by atoms with Gasteiger partial charge in [-0.15, -0.1) is 0 Å². The van der Waals surface area contributed by atoms with E-state index in [9.17, 15) is 9.59 Å². The van der Waals surface area contributed by atoms with E-state index in [1.54, 1.807) is 11.9 Å². The molecule has 0 atom stereocenters. The van der Waals surface area contributed by atoms with E-state index in [0.717, 1.165) is 30.9 Å². The monoisotopic (exact) mass is 305 g/mol. The molecule has 7 heteroatoms. The van der Waals surface area contributed by atoms with Crippen LogP contribution in [0.1, 0.15) is 37.3 Å². The van der Waals surface area contributed by atoms with Crippen molar-refractivity contribution in [3.8, 4) is 0 Å². The number of carbonyl (C=O) groups is 2. The highest BCUT2D eigenvalue weighted by Gasteiger charge is 2.26. The van der Waals surface area contributed by atoms with Gasteiger partial charge in [0.2, 0.25) is 11.8 Å². The summed E-state index contributed by atoms with van der Waals surface area (Å²) in [6.45, 7) is 6.90. The number of aryl methyl sites for hydroxylation is 1. The number of hydrogen-bond donors (Lipinski definition) is 1. The van der Waals surface area contributed by atoms with Crippen LogP contribution in [-0.2, 0) is 16.0 Å². The molecular weight excluding hydrogens is 282 g/mol. The zero-order valence-corrected chi connectivity index (χ0v) is 13.2. The van der Waals surface area contributed by atoms with Crippen LogP contribution in [-0.4, -0.2) is 63.5 Å². The SMILES string of the molecule is C=CC(=O)N(C)CC(=O)N1CCC(c2n[nH]c(CC)n2)CC1. The van der Waals surface area contributed by atoms with Crippen LogP contribution in [0.5, 0.6) is 0 Å². The topological polar surface area (TPSA) is 82.2 Å². The lowest BCUT2D eigenvalue weighted by atomic mass is 9.96. The number of amides is 2. The molecule has 1 fully saturated rings. The average Bonchev–Trinajstić information content (AvgIpc) is 3.03. The average molecular weight is 305 g/mol. The second-order valence-corrected chi connectivity index (χ2v) is 5.55. The minimum absolute atomic E-state index is 0.0274. The van der Waals surface area contributed by atoms with Gasteiger partial charge in [-0.25, -0.2) is 4.98 Å². The number of aromatic nitrogens is 3. The van der Waals surface area contributed by atoms with E-state index in [4.69, 9.17) is 0 Å². The molecule has 1 N–H and O–H groups in total. The summed E-state index contributed by atoms with van der Waals surface area (Å²) < 4.78 is 0. The molecule has 1 aromatic rings. The molecule has 0 bridgehead atoms. The van der Waals surface area contributed by atoms with Crippen LogP contribution in [0.15, 0.2) is 12.7 Å². The molecule has 1 aromatic heterocycles. The molecule has 1 saturated heterocycles. The van der Waals surface area contributed by atoms with Gasteiger partial charge in [0.15, 0.2) is 5.82 Å². The van der Waals surface area contributed by atoms with Crippen molar-refractivity contribution in [1.82, 2.24) is 25.0 Å². The Bertz CT molecular complexity index is 546. The second-order valence-electron chi connectivity index (χ2n) is 5.55. The highest BCUT2D eigenvalue weighted by atomic mass is 16.2. The molecule has 0 saturated carbocycles. The number of rotatable bonds is 5. The van der Waals surface area contributed by atoms with Crippen LogP contribution in [0.2, 0.25) is 0 Å². The molecule has 2 heterocycles. The van der Waals surface area contributed by atoms with Crippen LogP contribution >= 0.6 is 0 Å². The third kappa shape index (κ3) is 3.72. The Kier molecular flexibility index (Phi) is 5.30. The molecule has 120 valence electrons. The standard InChI is InChI=1S/C15H23N5O2/c1-4-12-16-15(18-17-12)11-6-8-20(9-7-11)14(22)10-19(3)13(21)5-2/h5,11H,2,4,6-10H2,1,3H3,(H,16,17,18). The molecular formula is C15H23N5O2. The van der Waals surface area contributed by atoms with Crippen molar-refractivity contribution in [1.29, 1.82) is 0 Å². The van der Waals surface area contributed by atoms with Gasteiger partial charge in [-0.2, -0.15) is 5.10 Å². The van der Waals surface area contributed by atoms with E-state index < -0.39 is 0 Å². The highest BCUT2D eigenvalue weighted by Crippen LogP contribution is 2.25. The largest absolute Gasteiger partial charge is 0.341 e. The van der Waals surface area contributed by atoms with Crippen LogP contribution in [0.3, 0.4) is 0 Å². The fraction of sp³-hybridized carbons (Fsp3) is 0.600. The van der Waals surface area contributed by atoms with Crippen molar-refractivity contribution in [2.45, 2.75) is 32.1 Å². The lowest BCUT2D eigenvalue weighted by molar-refractivity contribution is -0.138. The predicted molar refractivity (Wildman–Crippen MR) is 82.1 cm³/mol. The Morgan fingerprint density at radius 2 is 2.14 bits per heavy atom. The van der Waals surface area contributed by atoms with Crippen LogP contribution in [0.4, 0.5) is 0 Å². The van der Waals surface area contributed by atoms with Crippen molar-refractivity contribution in [2.24, 2.45) is 0 Å². The summed E-state index contributed by atoms with van der Waals surface area (Å²) in [5, 5.41) is 7.20.